The van der Waals surface area contributed by atoms with Gasteiger partial charge in [-0.1, -0.05) is 18.0 Å². The fraction of sp³-hybridized carbons (Fsp3) is 0.733. The summed E-state index contributed by atoms with van der Waals surface area (Å²) < 4.78 is 0.918. The largest absolute Gasteiger partial charge is 0.302 e. The van der Waals surface area contributed by atoms with E-state index < -0.39 is 0 Å². The third kappa shape index (κ3) is 3.72. The van der Waals surface area contributed by atoms with Gasteiger partial charge in [-0.25, -0.2) is 0 Å². The van der Waals surface area contributed by atoms with Crippen LogP contribution in [0.2, 0.25) is 4.34 Å². The van der Waals surface area contributed by atoms with E-state index in [1.165, 1.54) is 63.2 Å². The van der Waals surface area contributed by atoms with Crippen LogP contribution in [0.15, 0.2) is 12.1 Å². The van der Waals surface area contributed by atoms with Gasteiger partial charge in [-0.15, -0.1) is 11.3 Å². The molecule has 0 bridgehead atoms. The number of nitrogens with zero attached hydrogens (tertiary/aromatic N) is 2. The maximum Gasteiger partial charge on any atom is 0.0931 e. The van der Waals surface area contributed by atoms with Crippen LogP contribution in [0, 0.1) is 0 Å². The molecule has 3 rings (SSSR count). The molecule has 1 unspecified atom stereocenters. The molecule has 0 N–H and O–H groups in total. The van der Waals surface area contributed by atoms with Crippen molar-refractivity contribution in [3.05, 3.63) is 21.3 Å². The second kappa shape index (κ2) is 6.57. The quantitative estimate of drug-likeness (QED) is 0.833. The first-order valence-electron chi connectivity index (χ1n) is 7.52. The lowest BCUT2D eigenvalue weighted by molar-refractivity contribution is 0.150. The van der Waals surface area contributed by atoms with Gasteiger partial charge in [0, 0.05) is 24.0 Å². The van der Waals surface area contributed by atoms with Crippen molar-refractivity contribution in [3.63, 3.8) is 0 Å². The molecule has 0 radical (unpaired) electrons. The molecule has 19 heavy (non-hydrogen) atoms. The van der Waals surface area contributed by atoms with Crippen molar-refractivity contribution >= 4 is 22.9 Å². The first-order chi connectivity index (χ1) is 9.31. The zero-order valence-electron chi connectivity index (χ0n) is 11.5. The predicted molar refractivity (Wildman–Crippen MR) is 83.1 cm³/mol. The van der Waals surface area contributed by atoms with E-state index in [2.05, 4.69) is 15.9 Å². The van der Waals surface area contributed by atoms with E-state index in [1.807, 2.05) is 6.07 Å². The minimum absolute atomic E-state index is 0.763. The Morgan fingerprint density at radius 3 is 2.68 bits per heavy atom. The molecule has 2 nitrogen and oxygen atoms in total. The van der Waals surface area contributed by atoms with Crippen molar-refractivity contribution < 1.29 is 0 Å². The third-order valence-electron chi connectivity index (χ3n) is 4.40. The Hall–Kier alpha value is -0.0900. The summed E-state index contributed by atoms with van der Waals surface area (Å²) in [6, 6.07) is 4.97. The summed E-state index contributed by atoms with van der Waals surface area (Å²) in [6.45, 7) is 6.26. The predicted octanol–water partition coefficient (Wildman–Crippen LogP) is 3.85. The van der Waals surface area contributed by atoms with Crippen LogP contribution in [0.3, 0.4) is 0 Å². The van der Waals surface area contributed by atoms with Gasteiger partial charge >= 0.3 is 0 Å². The summed E-state index contributed by atoms with van der Waals surface area (Å²) in [5, 5.41) is 0. The van der Waals surface area contributed by atoms with Crippen LogP contribution in [0.5, 0.6) is 0 Å². The molecule has 0 amide bonds. The maximum atomic E-state index is 6.03. The zero-order chi connectivity index (χ0) is 13.1. The average Bonchev–Trinajstić information content (AvgIpc) is 3.01. The maximum absolute atomic E-state index is 6.03. The molecule has 2 fully saturated rings. The SMILES string of the molecule is Clc1ccc(CN2CCCC2CN2CCCCC2)s1. The standard InChI is InChI=1S/C15H23ClN2S/c16-15-7-6-14(19-15)12-18-10-4-5-13(18)11-17-8-2-1-3-9-17/h6-7,13H,1-5,8-12H2. The molecule has 4 heteroatoms. The number of piperidine rings is 1. The van der Waals surface area contributed by atoms with Crippen molar-refractivity contribution in [2.75, 3.05) is 26.2 Å². The number of hydrogen-bond acceptors (Lipinski definition) is 3. The lowest BCUT2D eigenvalue weighted by Gasteiger charge is -2.32. The molecule has 1 aromatic heterocycles. The molecule has 2 aliphatic heterocycles. The summed E-state index contributed by atoms with van der Waals surface area (Å²) in [5.41, 5.74) is 0. The summed E-state index contributed by atoms with van der Waals surface area (Å²) in [5.74, 6) is 0. The molecule has 1 atom stereocenters. The van der Waals surface area contributed by atoms with E-state index in [0.717, 1.165) is 16.9 Å². The van der Waals surface area contributed by atoms with Gasteiger partial charge in [0.1, 0.15) is 0 Å². The van der Waals surface area contributed by atoms with Crippen LogP contribution in [-0.2, 0) is 6.54 Å². The Morgan fingerprint density at radius 1 is 1.11 bits per heavy atom. The summed E-state index contributed by atoms with van der Waals surface area (Å²) in [4.78, 5) is 6.75. The van der Waals surface area contributed by atoms with Crippen LogP contribution < -0.4 is 0 Å². The fourth-order valence-corrected chi connectivity index (χ4v) is 4.50. The van der Waals surface area contributed by atoms with E-state index in [1.54, 1.807) is 11.3 Å². The highest BCUT2D eigenvalue weighted by Gasteiger charge is 2.27. The van der Waals surface area contributed by atoms with Gasteiger partial charge in [-0.05, 0) is 57.5 Å². The third-order valence-corrected chi connectivity index (χ3v) is 5.62. The van der Waals surface area contributed by atoms with Gasteiger partial charge in [-0.3, -0.25) is 4.90 Å². The zero-order valence-corrected chi connectivity index (χ0v) is 13.1. The van der Waals surface area contributed by atoms with Gasteiger partial charge in [0.15, 0.2) is 0 Å². The Bertz CT molecular complexity index is 401. The van der Waals surface area contributed by atoms with Gasteiger partial charge in [0.05, 0.1) is 4.34 Å². The van der Waals surface area contributed by atoms with E-state index in [0.29, 0.717) is 0 Å². The number of thiophene rings is 1. The van der Waals surface area contributed by atoms with Crippen molar-refractivity contribution in [3.8, 4) is 0 Å². The molecular weight excluding hydrogens is 276 g/mol. The Kier molecular flexibility index (Phi) is 4.80. The molecule has 0 spiro atoms. The van der Waals surface area contributed by atoms with Crippen molar-refractivity contribution in [2.24, 2.45) is 0 Å². The van der Waals surface area contributed by atoms with Gasteiger partial charge in [0.2, 0.25) is 0 Å². The lowest BCUT2D eigenvalue weighted by atomic mass is 10.1. The van der Waals surface area contributed by atoms with Crippen LogP contribution >= 0.6 is 22.9 Å². The summed E-state index contributed by atoms with van der Waals surface area (Å²) >= 11 is 7.76. The number of halogens is 1. The molecule has 3 heterocycles. The van der Waals surface area contributed by atoms with Gasteiger partial charge in [-0.2, -0.15) is 0 Å². The average molecular weight is 299 g/mol. The Balaban J connectivity index is 1.55. The van der Waals surface area contributed by atoms with Crippen molar-refractivity contribution in [1.29, 1.82) is 0 Å². The second-order valence-corrected chi connectivity index (χ2v) is 7.63. The monoisotopic (exact) mass is 298 g/mol. The first kappa shape index (κ1) is 13.9. The van der Waals surface area contributed by atoms with Gasteiger partial charge < -0.3 is 4.90 Å². The van der Waals surface area contributed by atoms with E-state index in [-0.39, 0.29) is 0 Å². The molecule has 2 saturated heterocycles. The number of likely N-dealkylation sites (tertiary alicyclic amines) is 2. The van der Waals surface area contributed by atoms with Gasteiger partial charge in [0.25, 0.3) is 0 Å². The van der Waals surface area contributed by atoms with Crippen LogP contribution in [0.4, 0.5) is 0 Å². The Labute approximate surface area is 125 Å². The second-order valence-electron chi connectivity index (χ2n) is 5.83. The first-order valence-corrected chi connectivity index (χ1v) is 8.71. The Morgan fingerprint density at radius 2 is 1.95 bits per heavy atom. The summed E-state index contributed by atoms with van der Waals surface area (Å²) in [7, 11) is 0. The number of hydrogen-bond donors (Lipinski definition) is 0. The van der Waals surface area contributed by atoms with Crippen molar-refractivity contribution in [2.45, 2.75) is 44.7 Å². The molecule has 106 valence electrons. The number of rotatable bonds is 4. The van der Waals surface area contributed by atoms with Crippen LogP contribution in [0.25, 0.3) is 0 Å². The van der Waals surface area contributed by atoms with E-state index in [4.69, 9.17) is 11.6 Å². The molecular formula is C15H23ClN2S. The minimum Gasteiger partial charge on any atom is -0.302 e. The normalized spacial score (nSPS) is 26.1. The topological polar surface area (TPSA) is 6.48 Å². The fourth-order valence-electron chi connectivity index (χ4n) is 3.39. The van der Waals surface area contributed by atoms with E-state index >= 15 is 0 Å². The highest BCUT2D eigenvalue weighted by molar-refractivity contribution is 7.16. The smallest absolute Gasteiger partial charge is 0.0931 e. The van der Waals surface area contributed by atoms with E-state index in [9.17, 15) is 0 Å². The van der Waals surface area contributed by atoms with Crippen LogP contribution in [0.1, 0.15) is 37.0 Å². The van der Waals surface area contributed by atoms with Crippen molar-refractivity contribution in [1.82, 2.24) is 9.80 Å². The molecule has 0 aliphatic carbocycles. The molecule has 0 saturated carbocycles. The molecule has 2 aliphatic rings. The molecule has 1 aromatic rings. The molecule has 0 aromatic carbocycles. The lowest BCUT2D eigenvalue weighted by Crippen LogP contribution is -2.42. The minimum atomic E-state index is 0.763. The summed E-state index contributed by atoms with van der Waals surface area (Å²) in [6.07, 6.45) is 6.95. The highest BCUT2D eigenvalue weighted by Crippen LogP contribution is 2.27. The highest BCUT2D eigenvalue weighted by atomic mass is 35.5. The van der Waals surface area contributed by atoms with Crippen LogP contribution in [-0.4, -0.2) is 42.0 Å².